The van der Waals surface area contributed by atoms with Crippen molar-refractivity contribution >= 4 is 11.9 Å². The molecule has 0 aliphatic rings. The van der Waals surface area contributed by atoms with E-state index < -0.39 is 0 Å². The molecule has 0 aromatic heterocycles. The highest BCUT2D eigenvalue weighted by atomic mass is 16.5. The Hall–Kier alpha value is -3.27. The second-order valence-corrected chi connectivity index (χ2v) is 6.15. The minimum atomic E-state index is 0.503. The van der Waals surface area contributed by atoms with Crippen molar-refractivity contribution in [3.8, 4) is 11.5 Å². The smallest absolute Gasteiger partial charge is 0.161 e. The Morgan fingerprint density at radius 3 is 2.41 bits per heavy atom. The molecule has 0 spiro atoms. The number of ether oxygens (including phenoxy) is 2. The van der Waals surface area contributed by atoms with Crippen molar-refractivity contribution in [3.05, 3.63) is 89.5 Å². The molecular formula is C23H24N2O2. The molecule has 3 aromatic rings. The molecule has 4 heteroatoms. The summed E-state index contributed by atoms with van der Waals surface area (Å²) in [4.78, 5) is 0. The number of nitrogens with zero attached hydrogens (tertiary/aromatic N) is 1. The van der Waals surface area contributed by atoms with Crippen molar-refractivity contribution in [1.29, 1.82) is 0 Å². The van der Waals surface area contributed by atoms with Gasteiger partial charge in [-0.05, 0) is 55.3 Å². The van der Waals surface area contributed by atoms with Crippen LogP contribution in [-0.4, -0.2) is 12.8 Å². The number of hydrazone groups is 1. The van der Waals surface area contributed by atoms with Crippen molar-refractivity contribution in [2.75, 3.05) is 12.0 Å². The van der Waals surface area contributed by atoms with E-state index in [0.717, 1.165) is 22.6 Å². The molecule has 0 saturated carbocycles. The fraction of sp³-hybridized carbons (Fsp3) is 0.174. The summed E-state index contributed by atoms with van der Waals surface area (Å²) in [5, 5.41) is 4.27. The summed E-state index contributed by atoms with van der Waals surface area (Å²) >= 11 is 0. The summed E-state index contributed by atoms with van der Waals surface area (Å²) in [6.07, 6.45) is 1.76. The number of nitrogens with one attached hydrogen (secondary N) is 1. The molecule has 3 rings (SSSR count). The van der Waals surface area contributed by atoms with Crippen LogP contribution in [0.25, 0.3) is 0 Å². The molecule has 27 heavy (non-hydrogen) atoms. The first kappa shape index (κ1) is 18.5. The van der Waals surface area contributed by atoms with Crippen molar-refractivity contribution in [2.24, 2.45) is 5.10 Å². The first-order valence-corrected chi connectivity index (χ1v) is 9.04. The predicted molar refractivity (Wildman–Crippen MR) is 111 cm³/mol. The predicted octanol–water partition coefficient (Wildman–Crippen LogP) is 5.42. The van der Waals surface area contributed by atoms with E-state index in [1.807, 2.05) is 55.5 Å². The van der Waals surface area contributed by atoms with E-state index in [9.17, 15) is 0 Å². The quantitative estimate of drug-likeness (QED) is 0.431. The number of hydrogen-bond donors (Lipinski definition) is 1. The van der Waals surface area contributed by atoms with E-state index in [-0.39, 0.29) is 0 Å². The van der Waals surface area contributed by atoms with E-state index >= 15 is 0 Å². The zero-order valence-electron chi connectivity index (χ0n) is 15.7. The van der Waals surface area contributed by atoms with Gasteiger partial charge in [-0.25, -0.2) is 0 Å². The van der Waals surface area contributed by atoms with Crippen molar-refractivity contribution in [3.63, 3.8) is 0 Å². The largest absolute Gasteiger partial charge is 0.490 e. The van der Waals surface area contributed by atoms with Crippen LogP contribution in [-0.2, 0) is 6.61 Å². The van der Waals surface area contributed by atoms with Gasteiger partial charge in [0.15, 0.2) is 11.5 Å². The van der Waals surface area contributed by atoms with E-state index in [0.29, 0.717) is 19.0 Å². The minimum absolute atomic E-state index is 0.503. The number of rotatable bonds is 8. The number of benzene rings is 3. The van der Waals surface area contributed by atoms with Crippen molar-refractivity contribution < 1.29 is 9.47 Å². The van der Waals surface area contributed by atoms with Crippen molar-refractivity contribution in [1.82, 2.24) is 0 Å². The second-order valence-electron chi connectivity index (χ2n) is 6.15. The fourth-order valence-corrected chi connectivity index (χ4v) is 2.53. The summed E-state index contributed by atoms with van der Waals surface area (Å²) in [5.41, 5.74) is 7.25. The Kier molecular flexibility index (Phi) is 6.47. The van der Waals surface area contributed by atoms with Gasteiger partial charge in [-0.15, -0.1) is 0 Å². The highest BCUT2D eigenvalue weighted by Crippen LogP contribution is 2.29. The van der Waals surface area contributed by atoms with Gasteiger partial charge >= 0.3 is 0 Å². The molecule has 0 unspecified atom stereocenters. The van der Waals surface area contributed by atoms with Crippen LogP contribution < -0.4 is 14.9 Å². The van der Waals surface area contributed by atoms with Gasteiger partial charge in [0, 0.05) is 0 Å². The normalized spacial score (nSPS) is 10.7. The van der Waals surface area contributed by atoms with Gasteiger partial charge in [0.05, 0.1) is 18.5 Å². The molecule has 138 valence electrons. The molecule has 0 amide bonds. The van der Waals surface area contributed by atoms with Crippen LogP contribution in [0.2, 0.25) is 0 Å². The number of anilines is 1. The van der Waals surface area contributed by atoms with Gasteiger partial charge in [-0.2, -0.15) is 5.10 Å². The maximum absolute atomic E-state index is 5.96. The summed E-state index contributed by atoms with van der Waals surface area (Å²) in [5.74, 6) is 1.44. The van der Waals surface area contributed by atoms with Crippen LogP contribution in [0.5, 0.6) is 11.5 Å². The Morgan fingerprint density at radius 1 is 0.889 bits per heavy atom. The molecule has 0 atom stereocenters. The Labute approximate surface area is 160 Å². The Bertz CT molecular complexity index is 875. The summed E-state index contributed by atoms with van der Waals surface area (Å²) in [7, 11) is 0. The molecule has 4 nitrogen and oxygen atoms in total. The first-order valence-electron chi connectivity index (χ1n) is 9.04. The molecule has 0 radical (unpaired) electrons. The number of aryl methyl sites for hydroxylation is 1. The van der Waals surface area contributed by atoms with Gasteiger partial charge in [-0.1, -0.05) is 48.0 Å². The lowest BCUT2D eigenvalue weighted by molar-refractivity contribution is 0.269. The third-order valence-corrected chi connectivity index (χ3v) is 3.96. The molecule has 0 aliphatic carbocycles. The molecule has 0 aliphatic heterocycles. The second kappa shape index (κ2) is 9.43. The summed E-state index contributed by atoms with van der Waals surface area (Å²) < 4.78 is 11.7. The SMILES string of the molecule is CCOc1cc(/C=N/Nc2ccccc2)ccc1OCc1ccc(C)cc1. The highest BCUT2D eigenvalue weighted by Gasteiger charge is 2.06. The van der Waals surface area contributed by atoms with Crippen LogP contribution in [0, 0.1) is 6.92 Å². The molecule has 0 bridgehead atoms. The van der Waals surface area contributed by atoms with E-state index in [4.69, 9.17) is 9.47 Å². The highest BCUT2D eigenvalue weighted by molar-refractivity contribution is 5.81. The van der Waals surface area contributed by atoms with E-state index in [1.165, 1.54) is 5.56 Å². The van der Waals surface area contributed by atoms with Crippen LogP contribution in [0.4, 0.5) is 5.69 Å². The van der Waals surface area contributed by atoms with Crippen molar-refractivity contribution in [2.45, 2.75) is 20.5 Å². The zero-order chi connectivity index (χ0) is 18.9. The van der Waals surface area contributed by atoms with Crippen LogP contribution >= 0.6 is 0 Å². The van der Waals surface area contributed by atoms with Crippen LogP contribution in [0.1, 0.15) is 23.6 Å². The first-order chi connectivity index (χ1) is 13.2. The van der Waals surface area contributed by atoms with Gasteiger partial charge in [0.2, 0.25) is 0 Å². The van der Waals surface area contributed by atoms with Gasteiger partial charge in [0.1, 0.15) is 6.61 Å². The maximum Gasteiger partial charge on any atom is 0.161 e. The Morgan fingerprint density at radius 2 is 1.67 bits per heavy atom. The van der Waals surface area contributed by atoms with Gasteiger partial charge in [0.25, 0.3) is 0 Å². The van der Waals surface area contributed by atoms with Crippen LogP contribution in [0.3, 0.4) is 0 Å². The minimum Gasteiger partial charge on any atom is -0.490 e. The fourth-order valence-electron chi connectivity index (χ4n) is 2.53. The zero-order valence-corrected chi connectivity index (χ0v) is 15.7. The average Bonchev–Trinajstić information content (AvgIpc) is 2.70. The van der Waals surface area contributed by atoms with Crippen LogP contribution in [0.15, 0.2) is 77.9 Å². The maximum atomic E-state index is 5.96. The van der Waals surface area contributed by atoms with Gasteiger partial charge in [-0.3, -0.25) is 5.43 Å². The average molecular weight is 360 g/mol. The molecule has 0 saturated heterocycles. The number of para-hydroxylation sites is 1. The third kappa shape index (κ3) is 5.61. The number of hydrogen-bond acceptors (Lipinski definition) is 4. The topological polar surface area (TPSA) is 42.8 Å². The standard InChI is InChI=1S/C23H24N2O2/c1-3-26-23-15-20(16-24-25-21-7-5-4-6-8-21)13-14-22(23)27-17-19-11-9-18(2)10-12-19/h4-16,25H,3,17H2,1-2H3/b24-16+. The molecular weight excluding hydrogens is 336 g/mol. The molecule has 1 N–H and O–H groups in total. The summed E-state index contributed by atoms with van der Waals surface area (Å²) in [6.45, 7) is 5.11. The molecule has 0 fully saturated rings. The van der Waals surface area contributed by atoms with E-state index in [2.05, 4.69) is 41.7 Å². The van der Waals surface area contributed by atoms with Gasteiger partial charge < -0.3 is 9.47 Å². The lowest BCUT2D eigenvalue weighted by atomic mass is 10.2. The lowest BCUT2D eigenvalue weighted by Crippen LogP contribution is -2.00. The molecule has 3 aromatic carbocycles. The Balaban J connectivity index is 1.67. The monoisotopic (exact) mass is 360 g/mol. The third-order valence-electron chi connectivity index (χ3n) is 3.96. The molecule has 0 heterocycles. The van der Waals surface area contributed by atoms with E-state index in [1.54, 1.807) is 6.21 Å². The summed E-state index contributed by atoms with van der Waals surface area (Å²) in [6, 6.07) is 24.0. The lowest BCUT2D eigenvalue weighted by Gasteiger charge is -2.13.